The highest BCUT2D eigenvalue weighted by molar-refractivity contribution is 5.33. The molecule has 0 bridgehead atoms. The van der Waals surface area contributed by atoms with Crippen molar-refractivity contribution in [3.63, 3.8) is 0 Å². The van der Waals surface area contributed by atoms with Gasteiger partial charge in [-0.1, -0.05) is 20.3 Å². The van der Waals surface area contributed by atoms with Crippen molar-refractivity contribution in [2.45, 2.75) is 46.3 Å². The molecule has 0 fully saturated rings. The van der Waals surface area contributed by atoms with Crippen LogP contribution in [0.1, 0.15) is 32.3 Å². The monoisotopic (exact) mass is 227 g/mol. The van der Waals surface area contributed by atoms with E-state index in [0.717, 1.165) is 6.42 Å². The minimum atomic E-state index is -0.397. The SMILES string of the molecule is CCC(C)C(O)CCn1c(O)cc(C)c1O. The molecule has 2 atom stereocenters. The lowest BCUT2D eigenvalue weighted by Crippen LogP contribution is -2.19. The Kier molecular flexibility index (Phi) is 4.24. The fraction of sp³-hybridized carbons (Fsp3) is 0.667. The Morgan fingerprint density at radius 1 is 1.38 bits per heavy atom. The number of hydrogen-bond acceptors (Lipinski definition) is 3. The maximum Gasteiger partial charge on any atom is 0.196 e. The Labute approximate surface area is 96.2 Å². The van der Waals surface area contributed by atoms with E-state index < -0.39 is 6.10 Å². The molecule has 92 valence electrons. The summed E-state index contributed by atoms with van der Waals surface area (Å²) in [5.41, 5.74) is 0.649. The molecule has 0 aliphatic heterocycles. The van der Waals surface area contributed by atoms with Gasteiger partial charge in [0.1, 0.15) is 0 Å². The number of hydrogen-bond donors (Lipinski definition) is 3. The molecular formula is C12H21NO3. The van der Waals surface area contributed by atoms with E-state index in [0.29, 0.717) is 18.5 Å². The molecule has 0 saturated heterocycles. The third kappa shape index (κ3) is 2.70. The van der Waals surface area contributed by atoms with Crippen molar-refractivity contribution in [3.8, 4) is 11.8 Å². The van der Waals surface area contributed by atoms with Gasteiger partial charge >= 0.3 is 0 Å². The van der Waals surface area contributed by atoms with Crippen LogP contribution in [0, 0.1) is 12.8 Å². The van der Waals surface area contributed by atoms with Crippen molar-refractivity contribution in [2.24, 2.45) is 5.92 Å². The van der Waals surface area contributed by atoms with Gasteiger partial charge in [0.2, 0.25) is 0 Å². The van der Waals surface area contributed by atoms with Crippen molar-refractivity contribution in [1.82, 2.24) is 4.57 Å². The van der Waals surface area contributed by atoms with Gasteiger partial charge in [0.25, 0.3) is 0 Å². The highest BCUT2D eigenvalue weighted by atomic mass is 16.3. The molecule has 16 heavy (non-hydrogen) atoms. The third-order valence-electron chi connectivity index (χ3n) is 3.18. The summed E-state index contributed by atoms with van der Waals surface area (Å²) in [4.78, 5) is 0. The van der Waals surface area contributed by atoms with Gasteiger partial charge in [-0.3, -0.25) is 4.57 Å². The molecule has 0 radical (unpaired) electrons. The lowest BCUT2D eigenvalue weighted by molar-refractivity contribution is 0.0993. The first-order valence-corrected chi connectivity index (χ1v) is 5.73. The molecule has 3 N–H and O–H groups in total. The van der Waals surface area contributed by atoms with E-state index in [2.05, 4.69) is 0 Å². The number of aryl methyl sites for hydroxylation is 1. The van der Waals surface area contributed by atoms with Crippen molar-refractivity contribution < 1.29 is 15.3 Å². The van der Waals surface area contributed by atoms with Gasteiger partial charge in [0, 0.05) is 18.2 Å². The van der Waals surface area contributed by atoms with Crippen molar-refractivity contribution >= 4 is 0 Å². The quantitative estimate of drug-likeness (QED) is 0.721. The lowest BCUT2D eigenvalue weighted by Gasteiger charge is -2.17. The van der Waals surface area contributed by atoms with Crippen LogP contribution in [0.2, 0.25) is 0 Å². The van der Waals surface area contributed by atoms with Crippen molar-refractivity contribution in [2.75, 3.05) is 0 Å². The van der Waals surface area contributed by atoms with Crippen LogP contribution in [0.5, 0.6) is 11.8 Å². The Morgan fingerprint density at radius 3 is 2.44 bits per heavy atom. The van der Waals surface area contributed by atoms with Crippen LogP contribution in [-0.4, -0.2) is 26.0 Å². The summed E-state index contributed by atoms with van der Waals surface area (Å²) >= 11 is 0. The first kappa shape index (κ1) is 12.9. The second kappa shape index (κ2) is 5.25. The Morgan fingerprint density at radius 2 is 2.00 bits per heavy atom. The largest absolute Gasteiger partial charge is 0.494 e. The van der Waals surface area contributed by atoms with Crippen LogP contribution in [0.3, 0.4) is 0 Å². The fourth-order valence-electron chi connectivity index (χ4n) is 1.70. The molecule has 1 aromatic heterocycles. The number of aromatic nitrogens is 1. The second-order valence-electron chi connectivity index (χ2n) is 4.40. The summed E-state index contributed by atoms with van der Waals surface area (Å²) in [6.07, 6.45) is 1.06. The fourth-order valence-corrected chi connectivity index (χ4v) is 1.70. The lowest BCUT2D eigenvalue weighted by atomic mass is 9.99. The van der Waals surface area contributed by atoms with Gasteiger partial charge in [0.15, 0.2) is 11.8 Å². The second-order valence-corrected chi connectivity index (χ2v) is 4.40. The molecule has 0 saturated carbocycles. The van der Waals surface area contributed by atoms with Crippen LogP contribution in [0.25, 0.3) is 0 Å². The Bertz CT molecular complexity index is 346. The maximum atomic E-state index is 9.79. The van der Waals surface area contributed by atoms with Gasteiger partial charge < -0.3 is 15.3 Å². The summed E-state index contributed by atoms with van der Waals surface area (Å²) in [5.74, 6) is 0.362. The minimum Gasteiger partial charge on any atom is -0.494 e. The molecule has 0 amide bonds. The van der Waals surface area contributed by atoms with E-state index in [9.17, 15) is 15.3 Å². The number of aliphatic hydroxyl groups excluding tert-OH is 1. The number of aliphatic hydroxyl groups is 1. The first-order chi connectivity index (χ1) is 7.47. The summed E-state index contributed by atoms with van der Waals surface area (Å²) in [5, 5.41) is 29.0. The predicted molar refractivity (Wildman–Crippen MR) is 62.6 cm³/mol. The molecule has 1 rings (SSSR count). The van der Waals surface area contributed by atoms with E-state index in [1.54, 1.807) is 6.92 Å². The van der Waals surface area contributed by atoms with Gasteiger partial charge in [-0.15, -0.1) is 0 Å². The molecule has 2 unspecified atom stereocenters. The standard InChI is InChI=1S/C12H21NO3/c1-4-8(2)10(14)5-6-13-11(15)7-9(3)12(13)16/h7-8,10,14-16H,4-6H2,1-3H3. The Hall–Kier alpha value is -1.16. The van der Waals surface area contributed by atoms with E-state index in [1.807, 2.05) is 13.8 Å². The van der Waals surface area contributed by atoms with Gasteiger partial charge in [-0.25, -0.2) is 0 Å². The van der Waals surface area contributed by atoms with Crippen LogP contribution < -0.4 is 0 Å². The summed E-state index contributed by atoms with van der Waals surface area (Å²) in [7, 11) is 0. The van der Waals surface area contributed by atoms with Crippen LogP contribution in [-0.2, 0) is 6.54 Å². The summed E-state index contributed by atoms with van der Waals surface area (Å²) in [6.45, 7) is 6.18. The Balaban J connectivity index is 2.61. The molecule has 0 spiro atoms. The maximum absolute atomic E-state index is 9.79. The average Bonchev–Trinajstić information content (AvgIpc) is 2.49. The van der Waals surface area contributed by atoms with Gasteiger partial charge in [-0.2, -0.15) is 0 Å². The molecule has 4 nitrogen and oxygen atoms in total. The molecule has 1 heterocycles. The van der Waals surface area contributed by atoms with E-state index >= 15 is 0 Å². The normalized spacial score (nSPS) is 15.0. The zero-order valence-corrected chi connectivity index (χ0v) is 10.1. The number of rotatable bonds is 5. The topological polar surface area (TPSA) is 65.6 Å². The van der Waals surface area contributed by atoms with Crippen LogP contribution in [0.4, 0.5) is 0 Å². The zero-order chi connectivity index (χ0) is 12.3. The molecule has 0 aromatic carbocycles. The van der Waals surface area contributed by atoms with Gasteiger partial charge in [-0.05, 0) is 19.3 Å². The summed E-state index contributed by atoms with van der Waals surface area (Å²) < 4.78 is 1.42. The van der Waals surface area contributed by atoms with Crippen LogP contribution in [0.15, 0.2) is 6.07 Å². The molecular weight excluding hydrogens is 206 g/mol. The molecule has 0 aliphatic rings. The third-order valence-corrected chi connectivity index (χ3v) is 3.18. The van der Waals surface area contributed by atoms with E-state index in [-0.39, 0.29) is 17.7 Å². The average molecular weight is 227 g/mol. The molecule has 0 aliphatic carbocycles. The number of nitrogens with zero attached hydrogens (tertiary/aromatic N) is 1. The van der Waals surface area contributed by atoms with Crippen LogP contribution >= 0.6 is 0 Å². The van der Waals surface area contributed by atoms with Crippen molar-refractivity contribution in [3.05, 3.63) is 11.6 Å². The highest BCUT2D eigenvalue weighted by Crippen LogP contribution is 2.27. The minimum absolute atomic E-state index is 0.0475. The molecule has 4 heteroatoms. The van der Waals surface area contributed by atoms with Crippen molar-refractivity contribution in [1.29, 1.82) is 0 Å². The van der Waals surface area contributed by atoms with E-state index in [4.69, 9.17) is 0 Å². The summed E-state index contributed by atoms with van der Waals surface area (Å²) in [6, 6.07) is 1.52. The first-order valence-electron chi connectivity index (χ1n) is 5.73. The number of aromatic hydroxyl groups is 2. The zero-order valence-electron chi connectivity index (χ0n) is 10.1. The van der Waals surface area contributed by atoms with E-state index in [1.165, 1.54) is 10.6 Å². The van der Waals surface area contributed by atoms with Gasteiger partial charge in [0.05, 0.1) is 6.10 Å². The highest BCUT2D eigenvalue weighted by Gasteiger charge is 2.15. The predicted octanol–water partition coefficient (Wildman–Crippen LogP) is 2.00. The molecule has 1 aromatic rings. The smallest absolute Gasteiger partial charge is 0.196 e.